The minimum absolute atomic E-state index is 0.0248. The molecule has 0 radical (unpaired) electrons. The van der Waals surface area contributed by atoms with E-state index >= 15 is 0 Å². The van der Waals surface area contributed by atoms with Gasteiger partial charge in [0, 0.05) is 15.7 Å². The topological polar surface area (TPSA) is 46.2 Å². The quantitative estimate of drug-likeness (QED) is 0.812. The number of Topliss-reactive ketones (excluding diaryl/α,β-unsaturated/α-hetero) is 1. The highest BCUT2D eigenvalue weighted by Crippen LogP contribution is 2.26. The van der Waals surface area contributed by atoms with Crippen molar-refractivity contribution < 1.29 is 9.59 Å². The van der Waals surface area contributed by atoms with E-state index in [0.29, 0.717) is 11.3 Å². The number of benzene rings is 2. The lowest BCUT2D eigenvalue weighted by molar-refractivity contribution is -0.120. The molecule has 22 heavy (non-hydrogen) atoms. The summed E-state index contributed by atoms with van der Waals surface area (Å²) in [4.78, 5) is 24.0. The molecule has 0 aliphatic heterocycles. The molecular formula is C18H18BrNO2. The van der Waals surface area contributed by atoms with Crippen LogP contribution in [0.3, 0.4) is 0 Å². The average molecular weight is 360 g/mol. The fourth-order valence-corrected chi connectivity index (χ4v) is 2.37. The third kappa shape index (κ3) is 3.63. The number of hydrogen-bond donors (Lipinski definition) is 1. The van der Waals surface area contributed by atoms with E-state index in [-0.39, 0.29) is 11.7 Å². The Balaban J connectivity index is 2.22. The highest BCUT2D eigenvalue weighted by atomic mass is 79.9. The maximum atomic E-state index is 12.6. The molecule has 4 heteroatoms. The van der Waals surface area contributed by atoms with Gasteiger partial charge in [-0.05, 0) is 50.6 Å². The average Bonchev–Trinajstić information content (AvgIpc) is 2.48. The Morgan fingerprint density at radius 1 is 1.05 bits per heavy atom. The molecule has 0 aliphatic rings. The number of carbonyl (C=O) groups excluding carboxylic acids is 2. The van der Waals surface area contributed by atoms with Crippen molar-refractivity contribution in [2.75, 3.05) is 5.32 Å². The SMILES string of the molecule is CC(=O)c1cccc(NC(=O)C(C)(C)c2ccc(Br)cc2)c1. The van der Waals surface area contributed by atoms with Gasteiger partial charge < -0.3 is 5.32 Å². The van der Waals surface area contributed by atoms with Gasteiger partial charge in [0.2, 0.25) is 5.91 Å². The molecule has 0 saturated heterocycles. The Morgan fingerprint density at radius 2 is 1.68 bits per heavy atom. The van der Waals surface area contributed by atoms with Gasteiger partial charge in [-0.1, -0.05) is 40.2 Å². The fraction of sp³-hybridized carbons (Fsp3) is 0.222. The standard InChI is InChI=1S/C18H18BrNO2/c1-12(21)13-5-4-6-16(11-13)20-17(22)18(2,3)14-7-9-15(19)10-8-14/h4-11H,1-3H3,(H,20,22). The summed E-state index contributed by atoms with van der Waals surface area (Å²) in [6, 6.07) is 14.7. The number of anilines is 1. The highest BCUT2D eigenvalue weighted by Gasteiger charge is 2.29. The zero-order chi connectivity index (χ0) is 16.3. The first-order valence-electron chi connectivity index (χ1n) is 6.99. The Morgan fingerprint density at radius 3 is 2.27 bits per heavy atom. The van der Waals surface area contributed by atoms with Crippen LogP contribution in [0.4, 0.5) is 5.69 Å². The van der Waals surface area contributed by atoms with Gasteiger partial charge in [0.25, 0.3) is 0 Å². The van der Waals surface area contributed by atoms with Crippen molar-refractivity contribution in [3.63, 3.8) is 0 Å². The highest BCUT2D eigenvalue weighted by molar-refractivity contribution is 9.10. The molecule has 0 atom stereocenters. The lowest BCUT2D eigenvalue weighted by atomic mass is 9.83. The predicted molar refractivity (Wildman–Crippen MR) is 92.2 cm³/mol. The second-order valence-electron chi connectivity index (χ2n) is 5.72. The predicted octanol–water partition coefficient (Wildman–Crippen LogP) is 4.57. The molecule has 0 aromatic heterocycles. The monoisotopic (exact) mass is 359 g/mol. The van der Waals surface area contributed by atoms with Gasteiger partial charge in [-0.3, -0.25) is 9.59 Å². The van der Waals surface area contributed by atoms with E-state index < -0.39 is 5.41 Å². The summed E-state index contributed by atoms with van der Waals surface area (Å²) >= 11 is 3.39. The Kier molecular flexibility index (Phi) is 4.81. The van der Waals surface area contributed by atoms with Crippen LogP contribution in [0, 0.1) is 0 Å². The van der Waals surface area contributed by atoms with Crippen molar-refractivity contribution in [2.24, 2.45) is 0 Å². The smallest absolute Gasteiger partial charge is 0.234 e. The largest absolute Gasteiger partial charge is 0.325 e. The van der Waals surface area contributed by atoms with Gasteiger partial charge in [0.05, 0.1) is 5.41 Å². The molecule has 114 valence electrons. The summed E-state index contributed by atoms with van der Waals surface area (Å²) in [6.45, 7) is 5.26. The number of rotatable bonds is 4. The van der Waals surface area contributed by atoms with Crippen LogP contribution in [-0.2, 0) is 10.2 Å². The molecule has 2 aromatic carbocycles. The maximum Gasteiger partial charge on any atom is 0.234 e. The van der Waals surface area contributed by atoms with Crippen molar-refractivity contribution in [1.82, 2.24) is 0 Å². The maximum absolute atomic E-state index is 12.6. The van der Waals surface area contributed by atoms with Crippen molar-refractivity contribution in [3.8, 4) is 0 Å². The van der Waals surface area contributed by atoms with Crippen LogP contribution >= 0.6 is 15.9 Å². The number of hydrogen-bond acceptors (Lipinski definition) is 2. The number of ketones is 1. The minimum Gasteiger partial charge on any atom is -0.325 e. The van der Waals surface area contributed by atoms with E-state index in [9.17, 15) is 9.59 Å². The minimum atomic E-state index is -0.674. The van der Waals surface area contributed by atoms with Crippen LogP contribution in [-0.4, -0.2) is 11.7 Å². The van der Waals surface area contributed by atoms with Crippen LogP contribution in [0.5, 0.6) is 0 Å². The van der Waals surface area contributed by atoms with Crippen molar-refractivity contribution in [2.45, 2.75) is 26.2 Å². The molecule has 1 amide bonds. The van der Waals surface area contributed by atoms with Gasteiger partial charge >= 0.3 is 0 Å². The van der Waals surface area contributed by atoms with Gasteiger partial charge in [-0.25, -0.2) is 0 Å². The van der Waals surface area contributed by atoms with E-state index in [1.165, 1.54) is 6.92 Å². The second-order valence-corrected chi connectivity index (χ2v) is 6.64. The van der Waals surface area contributed by atoms with Gasteiger partial charge in [0.15, 0.2) is 5.78 Å². The van der Waals surface area contributed by atoms with Crippen molar-refractivity contribution >= 4 is 33.3 Å². The molecule has 1 N–H and O–H groups in total. The Hall–Kier alpha value is -1.94. The van der Waals surface area contributed by atoms with E-state index in [2.05, 4.69) is 21.2 Å². The summed E-state index contributed by atoms with van der Waals surface area (Å²) in [7, 11) is 0. The van der Waals surface area contributed by atoms with E-state index in [1.807, 2.05) is 38.1 Å². The zero-order valence-electron chi connectivity index (χ0n) is 12.8. The molecule has 0 fully saturated rings. The fourth-order valence-electron chi connectivity index (χ4n) is 2.10. The van der Waals surface area contributed by atoms with E-state index in [0.717, 1.165) is 10.0 Å². The summed E-state index contributed by atoms with van der Waals surface area (Å²) in [5.74, 6) is -0.140. The molecule has 0 heterocycles. The van der Waals surface area contributed by atoms with Crippen LogP contribution in [0.2, 0.25) is 0 Å². The molecular weight excluding hydrogens is 342 g/mol. The number of amides is 1. The Labute approximate surface area is 138 Å². The van der Waals surface area contributed by atoms with E-state index in [1.54, 1.807) is 24.3 Å². The van der Waals surface area contributed by atoms with Gasteiger partial charge in [-0.2, -0.15) is 0 Å². The number of nitrogens with one attached hydrogen (secondary N) is 1. The lowest BCUT2D eigenvalue weighted by Crippen LogP contribution is -2.34. The third-order valence-corrected chi connectivity index (χ3v) is 4.19. The third-order valence-electron chi connectivity index (χ3n) is 3.66. The van der Waals surface area contributed by atoms with Crippen molar-refractivity contribution in [1.29, 1.82) is 0 Å². The first-order chi connectivity index (χ1) is 10.3. The van der Waals surface area contributed by atoms with Crippen molar-refractivity contribution in [3.05, 3.63) is 64.1 Å². The first-order valence-corrected chi connectivity index (χ1v) is 7.78. The molecule has 2 rings (SSSR count). The van der Waals surface area contributed by atoms with E-state index in [4.69, 9.17) is 0 Å². The normalized spacial score (nSPS) is 11.1. The van der Waals surface area contributed by atoms with Crippen LogP contribution in [0.25, 0.3) is 0 Å². The molecule has 2 aromatic rings. The molecule has 0 saturated carbocycles. The number of carbonyl (C=O) groups is 2. The molecule has 0 spiro atoms. The molecule has 0 bridgehead atoms. The van der Waals surface area contributed by atoms with Gasteiger partial charge in [-0.15, -0.1) is 0 Å². The van der Waals surface area contributed by atoms with Gasteiger partial charge in [0.1, 0.15) is 0 Å². The van der Waals surface area contributed by atoms with Crippen LogP contribution < -0.4 is 5.32 Å². The summed E-state index contributed by atoms with van der Waals surface area (Å²) < 4.78 is 0.974. The summed E-state index contributed by atoms with van der Waals surface area (Å²) in [5, 5.41) is 2.89. The Bertz CT molecular complexity index is 705. The molecule has 0 unspecified atom stereocenters. The lowest BCUT2D eigenvalue weighted by Gasteiger charge is -2.24. The summed E-state index contributed by atoms with van der Waals surface area (Å²) in [6.07, 6.45) is 0. The molecule has 3 nitrogen and oxygen atoms in total. The summed E-state index contributed by atoms with van der Waals surface area (Å²) in [5.41, 5.74) is 1.46. The number of halogens is 1. The molecule has 0 aliphatic carbocycles. The first kappa shape index (κ1) is 16.4. The van der Waals surface area contributed by atoms with Crippen LogP contribution in [0.15, 0.2) is 53.0 Å². The van der Waals surface area contributed by atoms with Crippen LogP contribution in [0.1, 0.15) is 36.7 Å². The zero-order valence-corrected chi connectivity index (χ0v) is 14.4. The second kappa shape index (κ2) is 6.44.